The maximum Gasteiger partial charge on any atom is 0.225 e. The normalized spacial score (nSPS) is 16.6. The van der Waals surface area contributed by atoms with E-state index in [9.17, 15) is 0 Å². The van der Waals surface area contributed by atoms with E-state index in [4.69, 9.17) is 5.21 Å². The minimum absolute atomic E-state index is 0.732. The van der Waals surface area contributed by atoms with Gasteiger partial charge in [0.1, 0.15) is 0 Å². The summed E-state index contributed by atoms with van der Waals surface area (Å²) in [5, 5.41) is 11.8. The van der Waals surface area contributed by atoms with Gasteiger partial charge in [0.2, 0.25) is 5.95 Å². The molecule has 2 heterocycles. The number of aromatic nitrogens is 2. The molecule has 2 rings (SSSR count). The highest BCUT2D eigenvalue weighted by Crippen LogP contribution is 2.15. The Labute approximate surface area is 96.0 Å². The molecule has 1 saturated heterocycles. The fourth-order valence-corrected chi connectivity index (χ4v) is 1.74. The molecule has 1 aromatic rings. The molecule has 6 heteroatoms. The third-order valence-electron chi connectivity index (χ3n) is 2.37. The molecule has 5 nitrogen and oxygen atoms in total. The van der Waals surface area contributed by atoms with Crippen molar-refractivity contribution in [2.75, 3.05) is 18.0 Å². The van der Waals surface area contributed by atoms with Crippen LogP contribution in [0.1, 0.15) is 12.8 Å². The van der Waals surface area contributed by atoms with Gasteiger partial charge in [-0.25, -0.2) is 9.97 Å². The Kier molecular flexibility index (Phi) is 3.15. The topological polar surface area (TPSA) is 61.6 Å². The average Bonchev–Trinajstić information content (AvgIpc) is 2.30. The van der Waals surface area contributed by atoms with E-state index >= 15 is 0 Å². The van der Waals surface area contributed by atoms with Crippen molar-refractivity contribution in [2.24, 2.45) is 5.16 Å². The predicted molar refractivity (Wildman–Crippen MR) is 60.4 cm³/mol. The first-order valence-electron chi connectivity index (χ1n) is 4.72. The molecule has 15 heavy (non-hydrogen) atoms. The Balaban J connectivity index is 2.04. The molecular weight excluding hydrogens is 260 g/mol. The van der Waals surface area contributed by atoms with Gasteiger partial charge in [-0.3, -0.25) is 0 Å². The molecular formula is C9H11BrN4O. The van der Waals surface area contributed by atoms with Gasteiger partial charge >= 0.3 is 0 Å². The van der Waals surface area contributed by atoms with Crippen molar-refractivity contribution >= 4 is 27.6 Å². The molecule has 1 aliphatic heterocycles. The van der Waals surface area contributed by atoms with Crippen LogP contribution in [0.2, 0.25) is 0 Å². The van der Waals surface area contributed by atoms with Crippen LogP contribution in [0.5, 0.6) is 0 Å². The van der Waals surface area contributed by atoms with Crippen molar-refractivity contribution in [2.45, 2.75) is 12.8 Å². The van der Waals surface area contributed by atoms with Gasteiger partial charge in [-0.05, 0) is 15.9 Å². The van der Waals surface area contributed by atoms with Gasteiger partial charge in [0.05, 0.1) is 10.2 Å². The van der Waals surface area contributed by atoms with Gasteiger partial charge in [0, 0.05) is 38.3 Å². The minimum atomic E-state index is 0.732. The van der Waals surface area contributed by atoms with Crippen molar-refractivity contribution in [1.82, 2.24) is 9.97 Å². The number of anilines is 1. The SMILES string of the molecule is ON=C1CCN(c2ncc(Br)cn2)CC1. The lowest BCUT2D eigenvalue weighted by molar-refractivity contribution is 0.315. The molecule has 0 atom stereocenters. The highest BCUT2D eigenvalue weighted by atomic mass is 79.9. The molecule has 1 fully saturated rings. The lowest BCUT2D eigenvalue weighted by atomic mass is 10.1. The minimum Gasteiger partial charge on any atom is -0.411 e. The van der Waals surface area contributed by atoms with Crippen molar-refractivity contribution in [3.63, 3.8) is 0 Å². The molecule has 1 aliphatic rings. The molecule has 0 saturated carbocycles. The fourth-order valence-electron chi connectivity index (χ4n) is 1.53. The van der Waals surface area contributed by atoms with Gasteiger partial charge in [0.25, 0.3) is 0 Å². The van der Waals surface area contributed by atoms with Crippen molar-refractivity contribution in [3.8, 4) is 0 Å². The predicted octanol–water partition coefficient (Wildman–Crippen LogP) is 1.67. The zero-order valence-electron chi connectivity index (χ0n) is 8.10. The van der Waals surface area contributed by atoms with E-state index in [-0.39, 0.29) is 0 Å². The summed E-state index contributed by atoms with van der Waals surface area (Å²) in [4.78, 5) is 10.5. The van der Waals surface area contributed by atoms with Crippen molar-refractivity contribution < 1.29 is 5.21 Å². The summed E-state index contributed by atoms with van der Waals surface area (Å²) in [7, 11) is 0. The molecule has 1 aromatic heterocycles. The van der Waals surface area contributed by atoms with Crippen LogP contribution in [-0.2, 0) is 0 Å². The van der Waals surface area contributed by atoms with Gasteiger partial charge in [0.15, 0.2) is 0 Å². The molecule has 0 unspecified atom stereocenters. The zero-order chi connectivity index (χ0) is 10.7. The Morgan fingerprint density at radius 1 is 1.27 bits per heavy atom. The third-order valence-corrected chi connectivity index (χ3v) is 2.78. The smallest absolute Gasteiger partial charge is 0.225 e. The van der Waals surface area contributed by atoms with Crippen LogP contribution in [0.4, 0.5) is 5.95 Å². The van der Waals surface area contributed by atoms with Crippen LogP contribution < -0.4 is 4.90 Å². The fraction of sp³-hybridized carbons (Fsp3) is 0.444. The molecule has 0 radical (unpaired) electrons. The van der Waals surface area contributed by atoms with Crippen LogP contribution in [0.15, 0.2) is 22.0 Å². The molecule has 0 spiro atoms. The van der Waals surface area contributed by atoms with E-state index in [1.807, 2.05) is 0 Å². The van der Waals surface area contributed by atoms with Gasteiger partial charge in [-0.1, -0.05) is 5.16 Å². The summed E-state index contributed by atoms with van der Waals surface area (Å²) in [6.45, 7) is 1.61. The van der Waals surface area contributed by atoms with Gasteiger partial charge in [-0.2, -0.15) is 0 Å². The van der Waals surface area contributed by atoms with Gasteiger partial charge in [-0.15, -0.1) is 0 Å². The summed E-state index contributed by atoms with van der Waals surface area (Å²) in [6, 6.07) is 0. The number of rotatable bonds is 1. The molecule has 0 amide bonds. The quantitative estimate of drug-likeness (QED) is 0.623. The molecule has 80 valence electrons. The lowest BCUT2D eigenvalue weighted by Gasteiger charge is -2.26. The number of halogens is 1. The number of piperidine rings is 1. The molecule has 0 bridgehead atoms. The maximum absolute atomic E-state index is 8.62. The second-order valence-corrected chi connectivity index (χ2v) is 4.27. The van der Waals surface area contributed by atoms with E-state index in [2.05, 4.69) is 36.0 Å². The maximum atomic E-state index is 8.62. The Morgan fingerprint density at radius 3 is 2.40 bits per heavy atom. The van der Waals surface area contributed by atoms with Crippen LogP contribution in [0.25, 0.3) is 0 Å². The number of hydrogen-bond acceptors (Lipinski definition) is 5. The highest BCUT2D eigenvalue weighted by molar-refractivity contribution is 9.10. The van der Waals surface area contributed by atoms with E-state index < -0.39 is 0 Å². The number of nitrogens with zero attached hydrogens (tertiary/aromatic N) is 4. The number of hydrogen-bond donors (Lipinski definition) is 1. The molecule has 0 aliphatic carbocycles. The number of oxime groups is 1. The van der Waals surface area contributed by atoms with Gasteiger partial charge < -0.3 is 10.1 Å². The largest absolute Gasteiger partial charge is 0.411 e. The Morgan fingerprint density at radius 2 is 1.87 bits per heavy atom. The summed E-state index contributed by atoms with van der Waals surface area (Å²) in [5.41, 5.74) is 0.850. The van der Waals surface area contributed by atoms with Crippen LogP contribution in [-0.4, -0.2) is 34.0 Å². The van der Waals surface area contributed by atoms with Crippen molar-refractivity contribution in [3.05, 3.63) is 16.9 Å². The first kappa shape index (κ1) is 10.4. The summed E-state index contributed by atoms with van der Waals surface area (Å²) < 4.78 is 0.876. The molecule has 0 aromatic carbocycles. The first-order chi connectivity index (χ1) is 7.29. The lowest BCUT2D eigenvalue weighted by Crippen LogP contribution is -2.35. The Bertz CT molecular complexity index is 355. The summed E-state index contributed by atoms with van der Waals surface area (Å²) >= 11 is 3.29. The second-order valence-electron chi connectivity index (χ2n) is 3.35. The van der Waals surface area contributed by atoms with Crippen LogP contribution in [0, 0.1) is 0 Å². The van der Waals surface area contributed by atoms with Crippen LogP contribution in [0.3, 0.4) is 0 Å². The summed E-state index contributed by atoms with van der Waals surface area (Å²) in [6.07, 6.45) is 5.02. The monoisotopic (exact) mass is 270 g/mol. The Hall–Kier alpha value is -1.17. The third kappa shape index (κ3) is 2.44. The van der Waals surface area contributed by atoms with E-state index in [1.165, 1.54) is 0 Å². The van der Waals surface area contributed by atoms with E-state index in [0.29, 0.717) is 0 Å². The van der Waals surface area contributed by atoms with E-state index in [0.717, 1.165) is 42.1 Å². The first-order valence-corrected chi connectivity index (χ1v) is 5.51. The second kappa shape index (κ2) is 4.57. The van der Waals surface area contributed by atoms with Crippen molar-refractivity contribution in [1.29, 1.82) is 0 Å². The average molecular weight is 271 g/mol. The van der Waals surface area contributed by atoms with E-state index in [1.54, 1.807) is 12.4 Å². The zero-order valence-corrected chi connectivity index (χ0v) is 9.68. The summed E-state index contributed by atoms with van der Waals surface area (Å²) in [5.74, 6) is 0.732. The standard InChI is InChI=1S/C9H11BrN4O/c10-7-5-11-9(12-6-7)14-3-1-8(13-15)2-4-14/h5-6,15H,1-4H2. The highest BCUT2D eigenvalue weighted by Gasteiger charge is 2.17. The van der Waals surface area contributed by atoms with Crippen LogP contribution >= 0.6 is 15.9 Å². The molecule has 1 N–H and O–H groups in total.